The number of amides is 1. The first kappa shape index (κ1) is 52.5. The van der Waals surface area contributed by atoms with Crippen LogP contribution in [0, 0.1) is 11.6 Å². The molecule has 10 rings (SSSR count). The number of nitrogens with one attached hydrogen (secondary N) is 1. The molecule has 2 aromatic carbocycles. The van der Waals surface area contributed by atoms with Gasteiger partial charge in [0.15, 0.2) is 11.3 Å². The van der Waals surface area contributed by atoms with Gasteiger partial charge in [-0.1, -0.05) is 12.2 Å². The number of aliphatic carboxylic acids is 1. The van der Waals surface area contributed by atoms with Crippen LogP contribution < -0.4 is 14.8 Å². The summed E-state index contributed by atoms with van der Waals surface area (Å²) in [7, 11) is 3.13. The van der Waals surface area contributed by atoms with Gasteiger partial charge >= 0.3 is 5.97 Å². The summed E-state index contributed by atoms with van der Waals surface area (Å²) in [6.07, 6.45) is 18.6. The van der Waals surface area contributed by atoms with Gasteiger partial charge in [-0.3, -0.25) is 13.6 Å². The van der Waals surface area contributed by atoms with E-state index in [1.807, 2.05) is 26.1 Å². The minimum atomic E-state index is -0.953. The molecule has 2 N–H and O–H groups in total. The van der Waals surface area contributed by atoms with Crippen molar-refractivity contribution in [2.45, 2.75) is 64.2 Å². The fourth-order valence-corrected chi connectivity index (χ4v) is 9.30. The Morgan fingerprint density at radius 2 is 1.22 bits per heavy atom. The largest absolute Gasteiger partial charge is 0.493 e. The third-order valence-electron chi connectivity index (χ3n) is 13.0. The van der Waals surface area contributed by atoms with Crippen LogP contribution in [0.25, 0.3) is 22.4 Å². The van der Waals surface area contributed by atoms with Gasteiger partial charge < -0.3 is 43.7 Å². The molecule has 388 valence electrons. The maximum atomic E-state index is 14.6. The second-order valence-corrected chi connectivity index (χ2v) is 17.6. The molecule has 0 saturated carbocycles. The Bertz CT molecular complexity index is 2910. The highest BCUT2D eigenvalue weighted by atomic mass is 19.1. The van der Waals surface area contributed by atoms with Crippen molar-refractivity contribution in [2.24, 2.45) is 0 Å². The number of fused-ring (bicyclic) bond motifs is 4. The van der Waals surface area contributed by atoms with Gasteiger partial charge in [-0.15, -0.1) is 20.4 Å². The predicted molar refractivity (Wildman–Crippen MR) is 264 cm³/mol. The Kier molecular flexibility index (Phi) is 18.9. The molecule has 19 nitrogen and oxygen atoms in total. The van der Waals surface area contributed by atoms with E-state index in [-0.39, 0.29) is 30.8 Å². The van der Waals surface area contributed by atoms with Crippen molar-refractivity contribution in [3.05, 3.63) is 118 Å². The standard InChI is InChI=1S/C26H30FN5O4.C21H22FN5O.C5H10O4/c1-34-13-14-35-16-25(33)31-10-2-3-18(8-11-31)21-15-28-24(32-17-29-30-26(21)32)7-4-19-20-9-12-36-23(20)6-5-22(19)27;22-18-4-5-19-16(8-11-28-19)15(18)3-6-20-24-12-17(21-26-25-13-27(20)21)14-2-1-9-23-10-7-14;1-8-2-3-9-4-5(6)7/h3,5-6,15,17H,2,4,7-14,16H2,1H3;2,4-5,12-13,23H,1,3,6-11H2;2-4H2,1H3,(H,6,7). The number of hydrogen-bond acceptors (Lipinski definition) is 15. The van der Waals surface area contributed by atoms with Crippen molar-refractivity contribution in [1.82, 2.24) is 49.4 Å². The van der Waals surface area contributed by atoms with Gasteiger partial charge in [0.05, 0.1) is 39.6 Å². The first-order valence-electron chi connectivity index (χ1n) is 24.7. The normalized spacial score (nSPS) is 15.2. The Balaban J connectivity index is 0.000000170. The molecule has 0 bridgehead atoms. The van der Waals surface area contributed by atoms with Crippen molar-refractivity contribution < 1.29 is 51.9 Å². The van der Waals surface area contributed by atoms with Crippen LogP contribution >= 0.6 is 0 Å². The Hall–Kier alpha value is -6.78. The minimum Gasteiger partial charge on any atom is -0.493 e. The van der Waals surface area contributed by atoms with E-state index < -0.39 is 5.97 Å². The third kappa shape index (κ3) is 13.4. The molecular weight excluding hydrogens is 947 g/mol. The molecule has 73 heavy (non-hydrogen) atoms. The molecular formula is C52H62F2N10O9. The van der Waals surface area contributed by atoms with Gasteiger partial charge in [0, 0.05) is 87.6 Å². The number of aromatic nitrogens is 8. The Labute approximate surface area is 421 Å². The third-order valence-corrected chi connectivity index (χ3v) is 13.0. The number of halogens is 2. The highest BCUT2D eigenvalue weighted by Crippen LogP contribution is 2.33. The van der Waals surface area contributed by atoms with Crippen LogP contribution in [0.15, 0.2) is 61.5 Å². The number of nitrogens with zero attached hydrogens (tertiary/aromatic N) is 9. The van der Waals surface area contributed by atoms with E-state index in [4.69, 9.17) is 34.0 Å². The first-order valence-corrected chi connectivity index (χ1v) is 24.7. The van der Waals surface area contributed by atoms with Crippen LogP contribution in [-0.4, -0.2) is 154 Å². The lowest BCUT2D eigenvalue weighted by molar-refractivity contribution is -0.142. The lowest BCUT2D eigenvalue weighted by atomic mass is 9.99. The van der Waals surface area contributed by atoms with Crippen LogP contribution in [-0.2, 0) is 67.1 Å². The fourth-order valence-electron chi connectivity index (χ4n) is 9.30. The molecule has 0 spiro atoms. The molecule has 0 unspecified atom stereocenters. The zero-order valence-corrected chi connectivity index (χ0v) is 41.3. The molecule has 0 radical (unpaired) electrons. The van der Waals surface area contributed by atoms with Gasteiger partial charge in [0.25, 0.3) is 0 Å². The molecule has 0 aliphatic carbocycles. The van der Waals surface area contributed by atoms with Crippen molar-refractivity contribution in [3.63, 3.8) is 0 Å². The maximum Gasteiger partial charge on any atom is 0.329 e. The molecule has 0 fully saturated rings. The topological polar surface area (TPSA) is 211 Å². The van der Waals surface area contributed by atoms with Crippen LogP contribution in [0.4, 0.5) is 8.78 Å². The van der Waals surface area contributed by atoms with Gasteiger partial charge in [0.2, 0.25) is 5.91 Å². The van der Waals surface area contributed by atoms with E-state index in [2.05, 4.69) is 47.3 Å². The molecule has 4 aromatic heterocycles. The minimum absolute atomic E-state index is 0.0214. The monoisotopic (exact) mass is 1010 g/mol. The summed E-state index contributed by atoms with van der Waals surface area (Å²) in [4.78, 5) is 33.5. The van der Waals surface area contributed by atoms with Crippen molar-refractivity contribution in [2.75, 3.05) is 93.3 Å². The van der Waals surface area contributed by atoms with Gasteiger partial charge in [0.1, 0.15) is 60.7 Å². The van der Waals surface area contributed by atoms with Crippen LogP contribution in [0.1, 0.15) is 70.7 Å². The molecule has 0 atom stereocenters. The maximum absolute atomic E-state index is 14.6. The number of ether oxygens (including phenoxy) is 6. The summed E-state index contributed by atoms with van der Waals surface area (Å²) in [5, 5.41) is 28.4. The summed E-state index contributed by atoms with van der Waals surface area (Å²) >= 11 is 0. The van der Waals surface area contributed by atoms with Gasteiger partial charge in [-0.25, -0.2) is 23.5 Å². The van der Waals surface area contributed by atoms with Gasteiger partial charge in [-0.05, 0) is 98.2 Å². The van der Waals surface area contributed by atoms with E-state index in [0.29, 0.717) is 90.4 Å². The summed E-state index contributed by atoms with van der Waals surface area (Å²) in [5.74, 6) is 1.85. The van der Waals surface area contributed by atoms with Gasteiger partial charge in [-0.2, -0.15) is 0 Å². The average Bonchev–Trinajstić information content (AvgIpc) is 4.22. The molecule has 8 heterocycles. The van der Waals surface area contributed by atoms with E-state index in [0.717, 1.165) is 113 Å². The van der Waals surface area contributed by atoms with Crippen LogP contribution in [0.5, 0.6) is 11.5 Å². The summed E-state index contributed by atoms with van der Waals surface area (Å²) in [6, 6.07) is 6.40. The number of aryl methyl sites for hydroxylation is 2. The SMILES string of the molecule is COCCOCC(=O)N1CCC=C(c2cnc(CCc3c(F)ccc4c3CCO4)n3cnnc23)CC1.COCCOCC(=O)O.Fc1ccc2c(c1CCc1ncc(C3=CCCNCC3)c3nncn13)CCO2. The van der Waals surface area contributed by atoms with Crippen molar-refractivity contribution in [1.29, 1.82) is 0 Å². The number of carboxylic acids is 1. The lowest BCUT2D eigenvalue weighted by Gasteiger charge is -2.20. The molecule has 6 aromatic rings. The van der Waals surface area contributed by atoms with E-state index >= 15 is 0 Å². The number of carbonyl (C=O) groups excluding carboxylic acids is 1. The fraction of sp³-hybridized carbons (Fsp3) is 0.462. The molecule has 4 aliphatic heterocycles. The number of hydrogen-bond donors (Lipinski definition) is 2. The first-order chi connectivity index (χ1) is 35.7. The number of carboxylic acid groups (broad SMARTS) is 1. The summed E-state index contributed by atoms with van der Waals surface area (Å²) < 4.78 is 63.6. The molecule has 1 amide bonds. The number of benzene rings is 2. The van der Waals surface area contributed by atoms with E-state index in [1.54, 1.807) is 31.9 Å². The lowest BCUT2D eigenvalue weighted by Crippen LogP contribution is -2.35. The van der Waals surface area contributed by atoms with Crippen molar-refractivity contribution >= 4 is 34.3 Å². The van der Waals surface area contributed by atoms with Crippen molar-refractivity contribution in [3.8, 4) is 11.5 Å². The van der Waals surface area contributed by atoms with E-state index in [1.165, 1.54) is 24.8 Å². The molecule has 0 saturated heterocycles. The molecule has 4 aliphatic rings. The average molecular weight is 1010 g/mol. The number of carbonyl (C=O) groups is 2. The number of methoxy groups -OCH3 is 2. The summed E-state index contributed by atoms with van der Waals surface area (Å²) in [6.45, 7) is 5.85. The zero-order chi connectivity index (χ0) is 50.9. The second-order valence-electron chi connectivity index (χ2n) is 17.6. The summed E-state index contributed by atoms with van der Waals surface area (Å²) in [5.41, 5.74) is 9.20. The van der Waals surface area contributed by atoms with Crippen LogP contribution in [0.2, 0.25) is 0 Å². The predicted octanol–water partition coefficient (Wildman–Crippen LogP) is 5.14. The Morgan fingerprint density at radius 3 is 1.78 bits per heavy atom. The highest BCUT2D eigenvalue weighted by molar-refractivity contribution is 5.80. The smallest absolute Gasteiger partial charge is 0.329 e. The zero-order valence-electron chi connectivity index (χ0n) is 41.3. The van der Waals surface area contributed by atoms with Crippen LogP contribution in [0.3, 0.4) is 0 Å². The van der Waals surface area contributed by atoms with E-state index in [9.17, 15) is 18.4 Å². The second kappa shape index (κ2) is 26.3. The quantitative estimate of drug-likeness (QED) is 0.107. The highest BCUT2D eigenvalue weighted by Gasteiger charge is 2.24. The number of rotatable bonds is 18. The Morgan fingerprint density at radius 1 is 0.671 bits per heavy atom. The molecule has 21 heteroatoms.